The molecule has 0 atom stereocenters. The summed E-state index contributed by atoms with van der Waals surface area (Å²) in [5.41, 5.74) is 3.17. The van der Waals surface area contributed by atoms with Crippen LogP contribution in [0.1, 0.15) is 36.2 Å². The highest BCUT2D eigenvalue weighted by atomic mass is 19.1. The smallest absolute Gasteiger partial charge is 0.303 e. The number of benzene rings is 1. The van der Waals surface area contributed by atoms with Gasteiger partial charge < -0.3 is 10.4 Å². The van der Waals surface area contributed by atoms with E-state index in [9.17, 15) is 14.0 Å². The van der Waals surface area contributed by atoms with Crippen LogP contribution in [0.4, 0.5) is 4.39 Å². The van der Waals surface area contributed by atoms with E-state index < -0.39 is 5.97 Å². The van der Waals surface area contributed by atoms with Crippen LogP contribution < -0.4 is 5.32 Å². The predicted molar refractivity (Wildman–Crippen MR) is 91.2 cm³/mol. The molecule has 0 bridgehead atoms. The molecule has 0 aliphatic heterocycles. The zero-order valence-corrected chi connectivity index (χ0v) is 14.4. The van der Waals surface area contributed by atoms with Crippen molar-refractivity contribution in [3.8, 4) is 5.69 Å². The van der Waals surface area contributed by atoms with Gasteiger partial charge in [-0.05, 0) is 51.0 Å². The molecule has 0 unspecified atom stereocenters. The first kappa shape index (κ1) is 18.6. The van der Waals surface area contributed by atoms with E-state index in [0.717, 1.165) is 22.6 Å². The molecule has 1 aromatic heterocycles. The van der Waals surface area contributed by atoms with Crippen LogP contribution in [0, 0.1) is 19.7 Å². The van der Waals surface area contributed by atoms with Crippen molar-refractivity contribution in [2.24, 2.45) is 0 Å². The van der Waals surface area contributed by atoms with Crippen molar-refractivity contribution in [3.63, 3.8) is 0 Å². The molecule has 134 valence electrons. The van der Waals surface area contributed by atoms with Crippen molar-refractivity contribution < 1.29 is 19.1 Å². The molecule has 7 heteroatoms. The van der Waals surface area contributed by atoms with Crippen molar-refractivity contribution in [1.82, 2.24) is 15.1 Å². The van der Waals surface area contributed by atoms with Gasteiger partial charge in [-0.15, -0.1) is 0 Å². The Bertz CT molecular complexity index is 754. The van der Waals surface area contributed by atoms with Crippen molar-refractivity contribution in [2.75, 3.05) is 6.54 Å². The normalized spacial score (nSPS) is 10.7. The second-order valence-corrected chi connectivity index (χ2v) is 5.92. The molecule has 0 spiro atoms. The van der Waals surface area contributed by atoms with E-state index >= 15 is 0 Å². The standard InChI is InChI=1S/C18H22FN3O3/c1-12-16(11-17(23)20-10-4-3-5-18(24)25)13(2)22(21-12)15-8-6-14(19)7-9-15/h6-9H,3-5,10-11H2,1-2H3,(H,20,23)(H,24,25). The number of unbranched alkanes of at least 4 members (excludes halogenated alkanes) is 1. The zero-order chi connectivity index (χ0) is 18.4. The number of hydrogen-bond acceptors (Lipinski definition) is 3. The van der Waals surface area contributed by atoms with Gasteiger partial charge in [-0.1, -0.05) is 0 Å². The molecule has 0 fully saturated rings. The quantitative estimate of drug-likeness (QED) is 0.719. The van der Waals surface area contributed by atoms with Crippen molar-refractivity contribution in [2.45, 2.75) is 39.5 Å². The number of aliphatic carboxylic acids is 1. The third kappa shape index (κ3) is 5.14. The van der Waals surface area contributed by atoms with Crippen molar-refractivity contribution in [1.29, 1.82) is 0 Å². The molecule has 2 aromatic rings. The average Bonchev–Trinajstić information content (AvgIpc) is 2.83. The minimum Gasteiger partial charge on any atom is -0.481 e. The Balaban J connectivity index is 1.97. The minimum atomic E-state index is -0.828. The lowest BCUT2D eigenvalue weighted by atomic mass is 10.1. The molecule has 1 aromatic carbocycles. The fraction of sp³-hybridized carbons (Fsp3) is 0.389. The van der Waals surface area contributed by atoms with Gasteiger partial charge >= 0.3 is 5.97 Å². The summed E-state index contributed by atoms with van der Waals surface area (Å²) in [5, 5.41) is 15.8. The van der Waals surface area contributed by atoms with Crippen molar-refractivity contribution in [3.05, 3.63) is 47.0 Å². The molecule has 0 radical (unpaired) electrons. The minimum absolute atomic E-state index is 0.110. The van der Waals surface area contributed by atoms with E-state index in [0.29, 0.717) is 19.4 Å². The van der Waals surface area contributed by atoms with Crippen LogP contribution in [0.5, 0.6) is 0 Å². The molecule has 6 nitrogen and oxygen atoms in total. The number of halogens is 1. The molecular weight excluding hydrogens is 325 g/mol. The number of rotatable bonds is 8. The maximum Gasteiger partial charge on any atom is 0.303 e. The first-order valence-electron chi connectivity index (χ1n) is 8.18. The maximum atomic E-state index is 13.1. The van der Waals surface area contributed by atoms with Crippen molar-refractivity contribution >= 4 is 11.9 Å². The number of nitrogens with one attached hydrogen (secondary N) is 1. The summed E-state index contributed by atoms with van der Waals surface area (Å²) in [6.45, 7) is 4.16. The van der Waals surface area contributed by atoms with E-state index in [-0.39, 0.29) is 24.6 Å². The summed E-state index contributed by atoms with van der Waals surface area (Å²) >= 11 is 0. The predicted octanol–water partition coefficient (Wildman–Crippen LogP) is 2.54. The molecule has 0 aliphatic rings. The fourth-order valence-corrected chi connectivity index (χ4v) is 2.62. The van der Waals surface area contributed by atoms with E-state index in [1.807, 2.05) is 13.8 Å². The Hall–Kier alpha value is -2.70. The Labute approximate surface area is 145 Å². The highest BCUT2D eigenvalue weighted by molar-refractivity contribution is 5.79. The van der Waals surface area contributed by atoms with Gasteiger partial charge in [-0.25, -0.2) is 9.07 Å². The van der Waals surface area contributed by atoms with Crippen LogP contribution in [0.3, 0.4) is 0 Å². The lowest BCUT2D eigenvalue weighted by Gasteiger charge is -2.07. The Kier molecular flexibility index (Phi) is 6.27. The second-order valence-electron chi connectivity index (χ2n) is 5.92. The third-order valence-corrected chi connectivity index (χ3v) is 3.99. The Morgan fingerprint density at radius 3 is 2.52 bits per heavy atom. The third-order valence-electron chi connectivity index (χ3n) is 3.99. The van der Waals surface area contributed by atoms with E-state index in [1.165, 1.54) is 12.1 Å². The Morgan fingerprint density at radius 1 is 1.20 bits per heavy atom. The fourth-order valence-electron chi connectivity index (χ4n) is 2.62. The number of carbonyl (C=O) groups excluding carboxylic acids is 1. The molecule has 0 saturated carbocycles. The lowest BCUT2D eigenvalue weighted by molar-refractivity contribution is -0.137. The molecule has 2 N–H and O–H groups in total. The van der Waals surface area contributed by atoms with Gasteiger partial charge in [-0.2, -0.15) is 5.10 Å². The molecule has 0 aliphatic carbocycles. The van der Waals surface area contributed by atoms with Gasteiger partial charge in [0, 0.05) is 24.2 Å². The molecule has 25 heavy (non-hydrogen) atoms. The van der Waals surface area contributed by atoms with Crippen LogP contribution in [0.15, 0.2) is 24.3 Å². The zero-order valence-electron chi connectivity index (χ0n) is 14.4. The summed E-state index contributed by atoms with van der Waals surface area (Å²) in [6, 6.07) is 6.02. The van der Waals surface area contributed by atoms with Gasteiger partial charge in [0.15, 0.2) is 0 Å². The number of carboxylic acids is 1. The van der Waals surface area contributed by atoms with Crippen LogP contribution in [-0.4, -0.2) is 33.3 Å². The molecule has 1 heterocycles. The van der Waals surface area contributed by atoms with Crippen LogP contribution in [0.25, 0.3) is 5.69 Å². The second kappa shape index (κ2) is 8.41. The summed E-state index contributed by atoms with van der Waals surface area (Å²) in [5.74, 6) is -1.27. The number of carbonyl (C=O) groups is 2. The summed E-state index contributed by atoms with van der Waals surface area (Å²) in [6.07, 6.45) is 1.48. The van der Waals surface area contributed by atoms with Gasteiger partial charge in [0.25, 0.3) is 0 Å². The van der Waals surface area contributed by atoms with Crippen LogP contribution in [-0.2, 0) is 16.0 Å². The molecular formula is C18H22FN3O3. The van der Waals surface area contributed by atoms with E-state index in [4.69, 9.17) is 5.11 Å². The highest BCUT2D eigenvalue weighted by Gasteiger charge is 2.15. The number of carboxylic acid groups (broad SMARTS) is 1. The first-order valence-corrected chi connectivity index (χ1v) is 8.18. The number of nitrogens with zero attached hydrogens (tertiary/aromatic N) is 2. The average molecular weight is 347 g/mol. The van der Waals surface area contributed by atoms with Gasteiger partial charge in [0.1, 0.15) is 5.82 Å². The summed E-state index contributed by atoms with van der Waals surface area (Å²) in [7, 11) is 0. The summed E-state index contributed by atoms with van der Waals surface area (Å²) in [4.78, 5) is 22.5. The SMILES string of the molecule is Cc1nn(-c2ccc(F)cc2)c(C)c1CC(=O)NCCCCC(=O)O. The largest absolute Gasteiger partial charge is 0.481 e. The van der Waals surface area contributed by atoms with Crippen LogP contribution in [0.2, 0.25) is 0 Å². The maximum absolute atomic E-state index is 13.1. The monoisotopic (exact) mass is 347 g/mol. The highest BCUT2D eigenvalue weighted by Crippen LogP contribution is 2.18. The number of hydrogen-bond donors (Lipinski definition) is 2. The van der Waals surface area contributed by atoms with E-state index in [2.05, 4.69) is 10.4 Å². The van der Waals surface area contributed by atoms with Crippen LogP contribution >= 0.6 is 0 Å². The number of amides is 1. The Morgan fingerprint density at radius 2 is 1.88 bits per heavy atom. The van der Waals surface area contributed by atoms with E-state index in [1.54, 1.807) is 16.8 Å². The van der Waals surface area contributed by atoms with Gasteiger partial charge in [0.05, 0.1) is 17.8 Å². The van der Waals surface area contributed by atoms with Gasteiger partial charge in [0.2, 0.25) is 5.91 Å². The topological polar surface area (TPSA) is 84.2 Å². The lowest BCUT2D eigenvalue weighted by Crippen LogP contribution is -2.26. The molecule has 0 saturated heterocycles. The van der Waals surface area contributed by atoms with Gasteiger partial charge in [-0.3, -0.25) is 9.59 Å². The molecule has 2 rings (SSSR count). The molecule has 1 amide bonds. The summed E-state index contributed by atoms with van der Waals surface area (Å²) < 4.78 is 14.8. The number of aromatic nitrogens is 2. The first-order chi connectivity index (χ1) is 11.9. The number of aryl methyl sites for hydroxylation is 1.